The second kappa shape index (κ2) is 13.9. The van der Waals surface area contributed by atoms with Gasteiger partial charge in [-0.25, -0.2) is 65.9 Å². The van der Waals surface area contributed by atoms with Crippen LogP contribution < -0.4 is 21.7 Å². The molecule has 48 heavy (non-hydrogen) atoms. The third kappa shape index (κ3) is 6.04. The van der Waals surface area contributed by atoms with Crippen LogP contribution in [-0.2, 0) is 0 Å². The van der Waals surface area contributed by atoms with Gasteiger partial charge in [-0.05, 0) is 44.9 Å². The molecule has 0 radical (unpaired) electrons. The smallest absolute Gasteiger partial charge is 0.200 e. The Morgan fingerprint density at radius 2 is 0.562 bits per heavy atom. The molecule has 0 spiro atoms. The Morgan fingerprint density at radius 1 is 0.333 bits per heavy atom. The Morgan fingerprint density at radius 3 is 0.833 bits per heavy atom. The van der Waals surface area contributed by atoms with E-state index in [1.807, 2.05) is 0 Å². The minimum absolute atomic E-state index is 1.03. The van der Waals surface area contributed by atoms with E-state index >= 15 is 0 Å². The molecular formula is C31H25BF15N. The Bertz CT molecular complexity index is 1450. The molecule has 1 nitrogen and oxygen atoms in total. The standard InChI is InChI=1S/C18HBF15.C13H23N/c20-4-1(5(21)11(27)16(32)10(4)26)19(2-6(22)12(28)17(33)13(29)7(2)23)3-8(24)14(30)18(34)15(31)9(3)25;1-3-7-12-10(5-1)9-11-6-2-4-8-13(11)14-12/h19H;10-14H,1-9H2/q-1;/p+1/t;10-,11+,12+,13-. The Balaban J connectivity index is 0.000000264. The van der Waals surface area contributed by atoms with E-state index < -0.39 is 110 Å². The summed E-state index contributed by atoms with van der Waals surface area (Å²) in [5.74, 6) is -42.6. The predicted molar refractivity (Wildman–Crippen MR) is 143 cm³/mol. The van der Waals surface area contributed by atoms with Crippen molar-refractivity contribution in [2.45, 2.75) is 69.9 Å². The molecule has 0 unspecified atom stereocenters. The Labute approximate surface area is 263 Å². The van der Waals surface area contributed by atoms with Crippen LogP contribution in [0.15, 0.2) is 0 Å². The minimum atomic E-state index is -5.16. The lowest BCUT2D eigenvalue weighted by atomic mass is 9.36. The number of fused-ring (bicyclic) bond motifs is 2. The zero-order chi connectivity index (χ0) is 35.4. The molecule has 3 aromatic carbocycles. The third-order valence-electron chi connectivity index (χ3n) is 10.00. The first-order chi connectivity index (χ1) is 22.6. The topological polar surface area (TPSA) is 16.6 Å². The molecule has 1 saturated heterocycles. The molecule has 4 atom stereocenters. The summed E-state index contributed by atoms with van der Waals surface area (Å²) in [5, 5.41) is 2.79. The van der Waals surface area contributed by atoms with E-state index in [2.05, 4.69) is 5.32 Å². The van der Waals surface area contributed by atoms with Crippen LogP contribution in [0.5, 0.6) is 0 Å². The van der Waals surface area contributed by atoms with Gasteiger partial charge in [0, 0.05) is 11.8 Å². The van der Waals surface area contributed by atoms with Crippen LogP contribution in [0.1, 0.15) is 57.8 Å². The van der Waals surface area contributed by atoms with Crippen LogP contribution in [0.3, 0.4) is 0 Å². The van der Waals surface area contributed by atoms with Gasteiger partial charge in [-0.2, -0.15) is 0 Å². The molecule has 17 heteroatoms. The number of rotatable bonds is 3. The van der Waals surface area contributed by atoms with Gasteiger partial charge in [0.2, 0.25) is 0 Å². The second-order valence-corrected chi connectivity index (χ2v) is 12.5. The van der Waals surface area contributed by atoms with E-state index in [4.69, 9.17) is 0 Å². The summed E-state index contributed by atoms with van der Waals surface area (Å²) in [7, 11) is 0. The van der Waals surface area contributed by atoms with Gasteiger partial charge in [0.25, 0.3) is 0 Å². The van der Waals surface area contributed by atoms with Crippen molar-refractivity contribution in [3.8, 4) is 0 Å². The van der Waals surface area contributed by atoms with Crippen molar-refractivity contribution in [3.05, 3.63) is 87.3 Å². The molecule has 1 aliphatic heterocycles. The summed E-state index contributed by atoms with van der Waals surface area (Å²) in [4.78, 5) is 0. The van der Waals surface area contributed by atoms with Crippen LogP contribution in [0.25, 0.3) is 0 Å². The van der Waals surface area contributed by atoms with Gasteiger partial charge in [-0.3, -0.25) is 0 Å². The maximum Gasteiger partial charge on any atom is 0.200 e. The number of benzene rings is 3. The van der Waals surface area contributed by atoms with Gasteiger partial charge in [-0.1, -0.05) is 12.8 Å². The maximum absolute atomic E-state index is 14.4. The maximum atomic E-state index is 14.4. The number of nitrogens with two attached hydrogens (primary N) is 1. The molecule has 3 aliphatic rings. The second-order valence-electron chi connectivity index (χ2n) is 12.5. The highest BCUT2D eigenvalue weighted by atomic mass is 19.2. The number of piperidine rings is 1. The predicted octanol–water partition coefficient (Wildman–Crippen LogP) is 6.09. The van der Waals surface area contributed by atoms with Gasteiger partial charge in [0.1, 0.15) is 34.9 Å². The lowest BCUT2D eigenvalue weighted by Gasteiger charge is -2.43. The van der Waals surface area contributed by atoms with E-state index in [1.54, 1.807) is 19.3 Å². The van der Waals surface area contributed by atoms with Crippen LogP contribution >= 0.6 is 0 Å². The molecule has 3 fully saturated rings. The van der Waals surface area contributed by atoms with Crippen LogP contribution in [0, 0.1) is 99.1 Å². The molecule has 6 rings (SSSR count). The minimum Gasteiger partial charge on any atom is -0.341 e. The van der Waals surface area contributed by atoms with Gasteiger partial charge in [0.05, 0.1) is 18.8 Å². The van der Waals surface area contributed by atoms with Crippen LogP contribution in [-0.4, -0.2) is 18.8 Å². The summed E-state index contributed by atoms with van der Waals surface area (Å²) in [6, 6.07) is 2.06. The number of halogens is 15. The number of quaternary nitrogens is 1. The zero-order valence-corrected chi connectivity index (χ0v) is 24.6. The highest BCUT2D eigenvalue weighted by molar-refractivity contribution is 6.95. The average molecular weight is 707 g/mol. The van der Waals surface area contributed by atoms with Crippen molar-refractivity contribution < 1.29 is 71.2 Å². The van der Waals surface area contributed by atoms with Crippen molar-refractivity contribution in [3.63, 3.8) is 0 Å². The Kier molecular flexibility index (Phi) is 10.4. The quantitative estimate of drug-likeness (QED) is 0.147. The van der Waals surface area contributed by atoms with Gasteiger partial charge in [-0.15, -0.1) is 16.4 Å². The molecule has 2 N–H and O–H groups in total. The SMILES string of the molecule is C1CC[C@@H]2[NH2+][C@@H]3CCCC[C@H]3C[C@H]2C1.Fc1c(F)c(F)c([BH-](c2c(F)c(F)c(F)c(F)c2F)c2c(F)c(F)c(F)c(F)c2F)c(F)c1F. The van der Waals surface area contributed by atoms with Gasteiger partial charge in [0.15, 0.2) is 52.4 Å². The van der Waals surface area contributed by atoms with Crippen molar-refractivity contribution in [1.29, 1.82) is 0 Å². The van der Waals surface area contributed by atoms with E-state index in [9.17, 15) is 65.9 Å². The van der Waals surface area contributed by atoms with E-state index in [-0.39, 0.29) is 0 Å². The first kappa shape index (κ1) is 35.9. The highest BCUT2D eigenvalue weighted by Gasteiger charge is 2.42. The first-order valence-corrected chi connectivity index (χ1v) is 15.2. The monoisotopic (exact) mass is 707 g/mol. The summed E-state index contributed by atoms with van der Waals surface area (Å²) >= 11 is 0. The molecule has 1 heterocycles. The summed E-state index contributed by atoms with van der Waals surface area (Å²) in [5.41, 5.74) is -7.78. The normalized spacial score (nSPS) is 22.2. The molecule has 0 amide bonds. The van der Waals surface area contributed by atoms with Crippen molar-refractivity contribution in [2.75, 3.05) is 0 Å². The fourth-order valence-electron chi connectivity index (χ4n) is 7.68. The van der Waals surface area contributed by atoms with E-state index in [1.165, 1.54) is 38.5 Å². The van der Waals surface area contributed by atoms with Gasteiger partial charge >= 0.3 is 0 Å². The van der Waals surface area contributed by atoms with Crippen LogP contribution in [0.2, 0.25) is 0 Å². The number of hydrogen-bond donors (Lipinski definition) is 1. The molecule has 3 aromatic rings. The van der Waals surface area contributed by atoms with Gasteiger partial charge < -0.3 is 5.32 Å². The van der Waals surface area contributed by atoms with Crippen molar-refractivity contribution in [2.24, 2.45) is 11.8 Å². The van der Waals surface area contributed by atoms with E-state index in [0.29, 0.717) is 0 Å². The fraction of sp³-hybridized carbons (Fsp3) is 0.419. The number of hydrogen-bond acceptors (Lipinski definition) is 0. The summed E-state index contributed by atoms with van der Waals surface area (Å²) < 4.78 is 209. The lowest BCUT2D eigenvalue weighted by Crippen LogP contribution is -2.99. The highest BCUT2D eigenvalue weighted by Crippen LogP contribution is 2.37. The molecule has 2 aliphatic carbocycles. The molecular weight excluding hydrogens is 682 g/mol. The summed E-state index contributed by atoms with van der Waals surface area (Å²) in [6.07, 6.45) is 13.8. The summed E-state index contributed by atoms with van der Waals surface area (Å²) in [6.45, 7) is -5.16. The largest absolute Gasteiger partial charge is 0.341 e. The lowest BCUT2D eigenvalue weighted by molar-refractivity contribution is -0.747. The molecule has 0 bridgehead atoms. The molecule has 0 aromatic heterocycles. The first-order valence-electron chi connectivity index (χ1n) is 15.2. The fourth-order valence-corrected chi connectivity index (χ4v) is 7.68. The molecule has 262 valence electrons. The Hall–Kier alpha value is -3.37. The van der Waals surface area contributed by atoms with Crippen molar-refractivity contribution in [1.82, 2.24) is 0 Å². The third-order valence-corrected chi connectivity index (χ3v) is 10.00. The van der Waals surface area contributed by atoms with Crippen LogP contribution in [0.4, 0.5) is 65.9 Å². The average Bonchev–Trinajstić information content (AvgIpc) is 3.09. The van der Waals surface area contributed by atoms with E-state index in [0.717, 1.165) is 23.9 Å². The molecule has 2 saturated carbocycles. The van der Waals surface area contributed by atoms with Crippen molar-refractivity contribution >= 4 is 23.1 Å². The zero-order valence-electron chi connectivity index (χ0n) is 24.6.